The van der Waals surface area contributed by atoms with Crippen molar-refractivity contribution in [2.24, 2.45) is 10.7 Å². The normalized spacial score (nSPS) is 13.3. The Morgan fingerprint density at radius 3 is 2.48 bits per heavy atom. The number of aliphatic hydroxyl groups is 1. The Balaban J connectivity index is 1.96. The highest BCUT2D eigenvalue weighted by atomic mass is 19.4. The molecule has 0 aliphatic carbocycles. The Hall–Kier alpha value is -2.78. The molecule has 0 fully saturated rings. The predicted octanol–water partition coefficient (Wildman–Crippen LogP) is 3.19. The minimum atomic E-state index is -4.76. The van der Waals surface area contributed by atoms with Crippen molar-refractivity contribution >= 4 is 11.6 Å². The van der Waals surface area contributed by atoms with E-state index in [1.165, 1.54) is 12.1 Å². The van der Waals surface area contributed by atoms with Crippen molar-refractivity contribution in [2.45, 2.75) is 19.1 Å². The van der Waals surface area contributed by atoms with Crippen molar-refractivity contribution in [3.63, 3.8) is 0 Å². The van der Waals surface area contributed by atoms with Crippen molar-refractivity contribution in [3.8, 4) is 5.75 Å². The number of hydrogen-bond acceptors (Lipinski definition) is 4. The van der Waals surface area contributed by atoms with E-state index in [2.05, 4.69) is 15.0 Å². The van der Waals surface area contributed by atoms with Gasteiger partial charge >= 0.3 is 6.36 Å². The maximum atomic E-state index is 12.1. The molecule has 9 heteroatoms. The highest BCUT2D eigenvalue weighted by Crippen LogP contribution is 2.24. The number of hydrogen-bond donors (Lipinski definition) is 3. The summed E-state index contributed by atoms with van der Waals surface area (Å²) in [6.07, 6.45) is -5.79. The number of guanidine groups is 1. The van der Waals surface area contributed by atoms with E-state index in [-0.39, 0.29) is 18.3 Å². The van der Waals surface area contributed by atoms with Crippen LogP contribution in [0.25, 0.3) is 0 Å². The summed E-state index contributed by atoms with van der Waals surface area (Å²) in [5.41, 5.74) is 7.84. The molecule has 0 radical (unpaired) electrons. The maximum Gasteiger partial charge on any atom is 0.573 e. The summed E-state index contributed by atoms with van der Waals surface area (Å²) in [4.78, 5) is 4.06. The predicted molar refractivity (Wildman–Crippen MR) is 95.4 cm³/mol. The van der Waals surface area contributed by atoms with Crippen LogP contribution >= 0.6 is 0 Å². The Morgan fingerprint density at radius 2 is 1.85 bits per heavy atom. The quantitative estimate of drug-likeness (QED) is 0.505. The average Bonchev–Trinajstić information content (AvgIpc) is 2.61. The molecule has 1 atom stereocenters. The molecule has 0 saturated carbocycles. The van der Waals surface area contributed by atoms with E-state index in [1.54, 1.807) is 7.11 Å². The number of methoxy groups -OCH3 is 1. The maximum absolute atomic E-state index is 12.1. The third-order valence-electron chi connectivity index (χ3n) is 3.51. The zero-order valence-corrected chi connectivity index (χ0v) is 14.5. The number of nitrogens with two attached hydrogens (primary N) is 1. The van der Waals surface area contributed by atoms with Gasteiger partial charge in [0.05, 0.1) is 19.3 Å². The van der Waals surface area contributed by atoms with Gasteiger partial charge in [-0.15, -0.1) is 13.2 Å². The molecular weight excluding hydrogens is 363 g/mol. The fourth-order valence-electron chi connectivity index (χ4n) is 2.28. The topological polar surface area (TPSA) is 89.1 Å². The average molecular weight is 383 g/mol. The Morgan fingerprint density at radius 1 is 1.19 bits per heavy atom. The lowest BCUT2D eigenvalue weighted by atomic mass is 10.1. The van der Waals surface area contributed by atoms with Gasteiger partial charge in [-0.25, -0.2) is 0 Å². The van der Waals surface area contributed by atoms with Gasteiger partial charge in [0, 0.05) is 18.4 Å². The fraction of sp³-hybridized carbons (Fsp3) is 0.278. The first-order chi connectivity index (χ1) is 12.8. The first-order valence-corrected chi connectivity index (χ1v) is 7.96. The van der Waals surface area contributed by atoms with Crippen LogP contribution in [0.2, 0.25) is 0 Å². The van der Waals surface area contributed by atoms with E-state index in [1.807, 2.05) is 24.3 Å². The van der Waals surface area contributed by atoms with Gasteiger partial charge in [0.25, 0.3) is 0 Å². The van der Waals surface area contributed by atoms with Crippen molar-refractivity contribution in [1.82, 2.24) is 0 Å². The minimum absolute atomic E-state index is 0.0647. The Labute approximate surface area is 154 Å². The highest BCUT2D eigenvalue weighted by molar-refractivity contribution is 5.93. The van der Waals surface area contributed by atoms with Gasteiger partial charge in [-0.1, -0.05) is 30.3 Å². The molecule has 1 unspecified atom stereocenters. The summed E-state index contributed by atoms with van der Waals surface area (Å²) in [5, 5.41) is 13.1. The second-order valence-corrected chi connectivity index (χ2v) is 5.57. The lowest BCUT2D eigenvalue weighted by molar-refractivity contribution is -0.274. The number of alkyl halides is 3. The number of anilines is 1. The van der Waals surface area contributed by atoms with E-state index >= 15 is 0 Å². The third-order valence-corrected chi connectivity index (χ3v) is 3.51. The molecule has 27 heavy (non-hydrogen) atoms. The molecular formula is C18H20F3N3O3. The second kappa shape index (κ2) is 9.24. The number of rotatable bonds is 7. The van der Waals surface area contributed by atoms with Crippen LogP contribution in [0.4, 0.5) is 18.9 Å². The molecule has 0 bridgehead atoms. The number of aliphatic imine (C=N–C) groups is 1. The summed E-state index contributed by atoms with van der Waals surface area (Å²) in [6, 6.07) is 12.3. The van der Waals surface area contributed by atoms with Crippen LogP contribution in [0.15, 0.2) is 53.5 Å². The van der Waals surface area contributed by atoms with Crippen molar-refractivity contribution in [1.29, 1.82) is 0 Å². The molecule has 6 nitrogen and oxygen atoms in total. The standard InChI is InChI=1S/C18H20F3N3O3/c1-26-11-13-4-2-3-5-15(13)24-17(22)23-10-16(25)12-6-8-14(9-7-12)27-18(19,20)21/h2-9,16,25H,10-11H2,1H3,(H3,22,23,24). The largest absolute Gasteiger partial charge is 0.573 e. The lowest BCUT2D eigenvalue weighted by Crippen LogP contribution is -2.24. The first-order valence-electron chi connectivity index (χ1n) is 7.96. The smallest absolute Gasteiger partial charge is 0.406 e. The molecule has 0 heterocycles. The molecule has 146 valence electrons. The van der Waals surface area contributed by atoms with Crippen LogP contribution in [0.5, 0.6) is 5.75 Å². The molecule has 0 aliphatic rings. The van der Waals surface area contributed by atoms with Gasteiger partial charge in [0.15, 0.2) is 5.96 Å². The SMILES string of the molecule is COCc1ccccc1NC(N)=NCC(O)c1ccc(OC(F)(F)F)cc1. The summed E-state index contributed by atoms with van der Waals surface area (Å²) in [5.74, 6) is -0.271. The number of halogens is 3. The number of aliphatic hydroxyl groups excluding tert-OH is 1. The second-order valence-electron chi connectivity index (χ2n) is 5.57. The van der Waals surface area contributed by atoms with Gasteiger partial charge in [-0.2, -0.15) is 0 Å². The number of nitrogens with one attached hydrogen (secondary N) is 1. The van der Waals surface area contributed by atoms with E-state index in [0.29, 0.717) is 12.2 Å². The van der Waals surface area contributed by atoms with Crippen LogP contribution < -0.4 is 15.8 Å². The molecule has 0 aromatic heterocycles. The van der Waals surface area contributed by atoms with E-state index in [0.717, 1.165) is 23.4 Å². The molecule has 0 saturated heterocycles. The lowest BCUT2D eigenvalue weighted by Gasteiger charge is -2.13. The number of nitrogens with zero attached hydrogens (tertiary/aromatic N) is 1. The van der Waals surface area contributed by atoms with Crippen LogP contribution in [-0.4, -0.2) is 31.1 Å². The van der Waals surface area contributed by atoms with Gasteiger partial charge in [0.1, 0.15) is 5.75 Å². The fourth-order valence-corrected chi connectivity index (χ4v) is 2.28. The summed E-state index contributed by atoms with van der Waals surface area (Å²) in [7, 11) is 1.58. The van der Waals surface area contributed by atoms with Crippen LogP contribution in [0.3, 0.4) is 0 Å². The zero-order valence-electron chi connectivity index (χ0n) is 14.5. The van der Waals surface area contributed by atoms with Crippen molar-refractivity contribution < 1.29 is 27.8 Å². The summed E-state index contributed by atoms with van der Waals surface area (Å²) in [6.45, 7) is 0.330. The van der Waals surface area contributed by atoms with Crippen molar-refractivity contribution in [2.75, 3.05) is 19.0 Å². The Bertz CT molecular complexity index is 764. The van der Waals surface area contributed by atoms with E-state index < -0.39 is 12.5 Å². The van der Waals surface area contributed by atoms with Crippen molar-refractivity contribution in [3.05, 3.63) is 59.7 Å². The number of para-hydroxylation sites is 1. The van der Waals surface area contributed by atoms with Crippen LogP contribution in [0.1, 0.15) is 17.2 Å². The van der Waals surface area contributed by atoms with E-state index in [4.69, 9.17) is 10.5 Å². The summed E-state index contributed by atoms with van der Waals surface area (Å²) < 4.78 is 45.3. The molecule has 2 aromatic rings. The minimum Gasteiger partial charge on any atom is -0.406 e. The van der Waals surface area contributed by atoms with E-state index in [9.17, 15) is 18.3 Å². The van der Waals surface area contributed by atoms with Gasteiger partial charge in [-0.05, 0) is 23.8 Å². The highest BCUT2D eigenvalue weighted by Gasteiger charge is 2.31. The molecule has 0 amide bonds. The van der Waals surface area contributed by atoms with Gasteiger partial charge in [0.2, 0.25) is 0 Å². The molecule has 4 N–H and O–H groups in total. The zero-order chi connectivity index (χ0) is 19.9. The molecule has 2 aromatic carbocycles. The number of ether oxygens (including phenoxy) is 2. The first kappa shape index (κ1) is 20.5. The van der Waals surface area contributed by atoms with Crippen LogP contribution in [-0.2, 0) is 11.3 Å². The molecule has 2 rings (SSSR count). The third kappa shape index (κ3) is 6.80. The van der Waals surface area contributed by atoms with Gasteiger partial charge < -0.3 is 25.6 Å². The summed E-state index contributed by atoms with van der Waals surface area (Å²) >= 11 is 0. The van der Waals surface area contributed by atoms with Gasteiger partial charge in [-0.3, -0.25) is 4.99 Å². The number of benzene rings is 2. The molecule has 0 aliphatic heterocycles. The Kier molecular flexibility index (Phi) is 7.03. The van der Waals surface area contributed by atoms with Crippen LogP contribution in [0, 0.1) is 0 Å². The monoisotopic (exact) mass is 383 g/mol. The molecule has 0 spiro atoms.